The Balaban J connectivity index is 1.36. The zero-order valence-corrected chi connectivity index (χ0v) is 31.4. The highest BCUT2D eigenvalue weighted by Crippen LogP contribution is 2.49. The summed E-state index contributed by atoms with van der Waals surface area (Å²) in [7, 11) is 0. The molecular formula is C47H41N3O7. The van der Waals surface area contributed by atoms with Crippen LogP contribution in [-0.2, 0) is 16.1 Å². The fourth-order valence-corrected chi connectivity index (χ4v) is 7.87. The molecular weight excluding hydrogens is 719 g/mol. The van der Waals surface area contributed by atoms with Crippen molar-refractivity contribution in [2.24, 2.45) is 0 Å². The first-order valence-electron chi connectivity index (χ1n) is 19.0. The van der Waals surface area contributed by atoms with Crippen molar-refractivity contribution in [2.75, 3.05) is 18.1 Å². The summed E-state index contributed by atoms with van der Waals surface area (Å²) in [6.45, 7) is 5.51. The number of pyridine rings is 1. The number of furan rings is 1. The van der Waals surface area contributed by atoms with E-state index in [1.54, 1.807) is 40.1 Å². The molecule has 57 heavy (non-hydrogen) atoms. The second-order valence-corrected chi connectivity index (χ2v) is 14.0. The molecule has 1 N–H and O–H groups in total. The lowest BCUT2D eigenvalue weighted by atomic mass is 9.93. The van der Waals surface area contributed by atoms with Gasteiger partial charge in [-0.05, 0) is 59.3 Å². The second kappa shape index (κ2) is 16.1. The van der Waals surface area contributed by atoms with Gasteiger partial charge in [-0.2, -0.15) is 0 Å². The lowest BCUT2D eigenvalue weighted by Crippen LogP contribution is -2.52. The molecule has 0 aliphatic carbocycles. The number of carbonyl (C=O) groups excluding carboxylic acids is 3. The number of ether oxygens (including phenoxy) is 2. The zero-order valence-electron chi connectivity index (χ0n) is 31.4. The Labute approximate surface area is 329 Å². The molecule has 8 rings (SSSR count). The van der Waals surface area contributed by atoms with Gasteiger partial charge in [0.15, 0.2) is 0 Å². The number of nitrogens with zero attached hydrogens (tertiary/aromatic N) is 3. The molecule has 0 fully saturated rings. The molecule has 10 heteroatoms. The van der Waals surface area contributed by atoms with E-state index in [1.807, 2.05) is 103 Å². The van der Waals surface area contributed by atoms with Crippen LogP contribution < -0.4 is 9.64 Å². The number of aliphatic hydroxyl groups excluding tert-OH is 1. The number of aromatic nitrogens is 1. The topological polar surface area (TPSA) is 122 Å². The first-order chi connectivity index (χ1) is 27.8. The largest absolute Gasteiger partial charge is 0.493 e. The lowest BCUT2D eigenvalue weighted by Gasteiger charge is -2.39. The van der Waals surface area contributed by atoms with Gasteiger partial charge in [0.25, 0.3) is 11.8 Å². The number of anilines is 1. The van der Waals surface area contributed by atoms with Crippen molar-refractivity contribution in [2.45, 2.75) is 44.5 Å². The quantitative estimate of drug-likeness (QED) is 0.0704. The molecule has 2 amide bonds. The summed E-state index contributed by atoms with van der Waals surface area (Å²) in [5.41, 5.74) is 3.04. The first kappa shape index (κ1) is 37.2. The van der Waals surface area contributed by atoms with Crippen molar-refractivity contribution in [1.82, 2.24) is 9.88 Å². The van der Waals surface area contributed by atoms with Crippen molar-refractivity contribution in [3.8, 4) is 5.75 Å². The maximum Gasteiger partial charge on any atom is 0.302 e. The highest BCUT2D eigenvalue weighted by Gasteiger charge is 2.51. The van der Waals surface area contributed by atoms with Gasteiger partial charge in [0.1, 0.15) is 28.9 Å². The molecule has 3 atom stereocenters. The minimum Gasteiger partial charge on any atom is -0.493 e. The predicted molar refractivity (Wildman–Crippen MR) is 219 cm³/mol. The maximum absolute atomic E-state index is 15.5. The van der Waals surface area contributed by atoms with Gasteiger partial charge in [-0.15, -0.1) is 6.58 Å². The van der Waals surface area contributed by atoms with Gasteiger partial charge >= 0.3 is 5.97 Å². The summed E-state index contributed by atoms with van der Waals surface area (Å²) in [5.74, 6) is -0.304. The SMILES string of the molecule is C=CCC(OC(C)=O)[C@@H]1[C@@H](N(Cc2cc3ccccc3o2)C(=O)c2cccc3ccccc23)c2cc(OCCCO)ccc2N1C(=O)c1ccc2ccccc2n1. The third kappa shape index (κ3) is 7.35. The summed E-state index contributed by atoms with van der Waals surface area (Å²) in [6.07, 6.45) is 1.28. The molecule has 0 saturated carbocycles. The second-order valence-electron chi connectivity index (χ2n) is 14.0. The van der Waals surface area contributed by atoms with E-state index in [9.17, 15) is 9.90 Å². The average Bonchev–Trinajstić information content (AvgIpc) is 3.80. The van der Waals surface area contributed by atoms with E-state index in [0.29, 0.717) is 45.8 Å². The van der Waals surface area contributed by atoms with Crippen LogP contribution in [0.3, 0.4) is 0 Å². The molecule has 0 radical (unpaired) electrons. The Hall–Kier alpha value is -6.78. The van der Waals surface area contributed by atoms with E-state index in [0.717, 1.165) is 21.5 Å². The predicted octanol–water partition coefficient (Wildman–Crippen LogP) is 8.82. The number of esters is 1. The molecule has 10 nitrogen and oxygen atoms in total. The van der Waals surface area contributed by atoms with Gasteiger partial charge in [0, 0.05) is 48.3 Å². The lowest BCUT2D eigenvalue weighted by molar-refractivity contribution is -0.147. The standard InChI is InChI=1S/C47H41N3O7/c1-3-12-43(56-30(2)52)45-44(49(29-35-27-33-15-6-9-20-42(33)57-35)46(53)37-18-10-16-31-13-4-7-17-36(31)37)38-28-34(55-26-11-25-51)22-24-41(38)50(45)47(54)40-23-21-32-14-5-8-19-39(32)48-40/h3-10,13-24,27-28,43-45,51H,1,11-12,25-26,29H2,2H3/t43?,44-,45+/m0/s1. The highest BCUT2D eigenvalue weighted by molar-refractivity contribution is 6.10. The Kier molecular flexibility index (Phi) is 10.5. The average molecular weight is 760 g/mol. The molecule has 0 spiro atoms. The Morgan fingerprint density at radius 1 is 0.895 bits per heavy atom. The number of fused-ring (bicyclic) bond motifs is 4. The van der Waals surface area contributed by atoms with Crippen LogP contribution in [0, 0.1) is 0 Å². The van der Waals surface area contributed by atoms with Crippen LogP contribution in [0.1, 0.15) is 58.0 Å². The third-order valence-electron chi connectivity index (χ3n) is 10.3. The van der Waals surface area contributed by atoms with E-state index in [2.05, 4.69) is 6.58 Å². The van der Waals surface area contributed by atoms with Crippen LogP contribution in [-0.4, -0.2) is 58.1 Å². The minimum absolute atomic E-state index is 0.00404. The highest BCUT2D eigenvalue weighted by atomic mass is 16.5. The third-order valence-corrected chi connectivity index (χ3v) is 10.3. The van der Waals surface area contributed by atoms with Crippen LogP contribution >= 0.6 is 0 Å². The number of rotatable bonds is 13. The maximum atomic E-state index is 15.5. The van der Waals surface area contributed by atoms with Gasteiger partial charge in [0.2, 0.25) is 0 Å². The summed E-state index contributed by atoms with van der Waals surface area (Å²) in [5, 5.41) is 12.9. The van der Waals surface area contributed by atoms with Gasteiger partial charge in [-0.25, -0.2) is 4.98 Å². The summed E-state index contributed by atoms with van der Waals surface area (Å²) in [4.78, 5) is 51.6. The van der Waals surface area contributed by atoms with Crippen molar-refractivity contribution >= 4 is 56.1 Å². The number of aliphatic hydroxyl groups is 1. The molecule has 1 unspecified atom stereocenters. The fourth-order valence-electron chi connectivity index (χ4n) is 7.87. The number of hydrogen-bond donors (Lipinski definition) is 1. The fraction of sp³-hybridized carbons (Fsp3) is 0.191. The number of carbonyl (C=O) groups is 3. The smallest absolute Gasteiger partial charge is 0.302 e. The summed E-state index contributed by atoms with van der Waals surface area (Å²) in [6, 6.07) is 37.4. The minimum atomic E-state index is -0.960. The monoisotopic (exact) mass is 759 g/mol. The van der Waals surface area contributed by atoms with Crippen molar-refractivity contribution < 1.29 is 33.4 Å². The normalized spacial score (nSPS) is 15.4. The molecule has 1 aliphatic rings. The van der Waals surface area contributed by atoms with Crippen molar-refractivity contribution in [3.63, 3.8) is 0 Å². The van der Waals surface area contributed by atoms with Gasteiger partial charge in [0.05, 0.1) is 36.4 Å². The molecule has 5 aromatic carbocycles. The zero-order chi connectivity index (χ0) is 39.5. The summed E-state index contributed by atoms with van der Waals surface area (Å²) >= 11 is 0. The van der Waals surface area contributed by atoms with Crippen molar-refractivity contribution in [3.05, 3.63) is 163 Å². The van der Waals surface area contributed by atoms with Crippen LogP contribution in [0.2, 0.25) is 0 Å². The number of benzene rings is 5. The van der Waals surface area contributed by atoms with Gasteiger partial charge < -0.3 is 23.9 Å². The molecule has 286 valence electrons. The Morgan fingerprint density at radius 2 is 1.65 bits per heavy atom. The van der Waals surface area contributed by atoms with E-state index in [1.165, 1.54) is 6.92 Å². The van der Waals surface area contributed by atoms with Gasteiger partial charge in [-0.1, -0.05) is 84.9 Å². The summed E-state index contributed by atoms with van der Waals surface area (Å²) < 4.78 is 18.6. The van der Waals surface area contributed by atoms with E-state index < -0.39 is 30.1 Å². The van der Waals surface area contributed by atoms with Crippen LogP contribution in [0.5, 0.6) is 5.75 Å². The molecule has 7 aromatic rings. The number of hydrogen-bond acceptors (Lipinski definition) is 8. The van der Waals surface area contributed by atoms with Crippen LogP contribution in [0.15, 0.2) is 144 Å². The number of para-hydroxylation sites is 2. The molecule has 1 aliphatic heterocycles. The Bertz CT molecular complexity index is 2600. The Morgan fingerprint density at radius 3 is 2.44 bits per heavy atom. The molecule has 0 saturated heterocycles. The number of amides is 2. The molecule has 2 aromatic heterocycles. The van der Waals surface area contributed by atoms with E-state index >= 15 is 9.59 Å². The van der Waals surface area contributed by atoms with Crippen molar-refractivity contribution in [1.29, 1.82) is 0 Å². The van der Waals surface area contributed by atoms with Crippen LogP contribution in [0.4, 0.5) is 5.69 Å². The molecule has 3 heterocycles. The van der Waals surface area contributed by atoms with E-state index in [4.69, 9.17) is 18.9 Å². The molecule has 0 bridgehead atoms. The first-order valence-corrected chi connectivity index (χ1v) is 19.0. The van der Waals surface area contributed by atoms with Gasteiger partial charge in [-0.3, -0.25) is 19.3 Å². The van der Waals surface area contributed by atoms with Crippen LogP contribution in [0.25, 0.3) is 32.6 Å². The van der Waals surface area contributed by atoms with E-state index in [-0.39, 0.29) is 37.8 Å².